The predicted octanol–water partition coefficient (Wildman–Crippen LogP) is 2.77. The van der Waals surface area contributed by atoms with Crippen LogP contribution in [0.2, 0.25) is 0 Å². The van der Waals surface area contributed by atoms with Crippen LogP contribution in [0, 0.1) is 0 Å². The van der Waals surface area contributed by atoms with E-state index in [0.717, 1.165) is 17.1 Å². The van der Waals surface area contributed by atoms with Crippen molar-refractivity contribution < 1.29 is 4.74 Å². The zero-order valence-corrected chi connectivity index (χ0v) is 10.8. The summed E-state index contributed by atoms with van der Waals surface area (Å²) in [7, 11) is 0. The highest BCUT2D eigenvalue weighted by Crippen LogP contribution is 2.26. The molecule has 0 saturated heterocycles. The van der Waals surface area contributed by atoms with Crippen molar-refractivity contribution in [2.24, 2.45) is 0 Å². The summed E-state index contributed by atoms with van der Waals surface area (Å²) < 4.78 is 5.72. The fourth-order valence-corrected chi connectivity index (χ4v) is 1.63. The van der Waals surface area contributed by atoms with Crippen LogP contribution in [0.15, 0.2) is 30.7 Å². The highest BCUT2D eigenvalue weighted by Gasteiger charge is 2.11. The Morgan fingerprint density at radius 2 is 2.17 bits per heavy atom. The number of nitrogens with one attached hydrogen (secondary N) is 2. The van der Waals surface area contributed by atoms with E-state index in [1.165, 1.54) is 0 Å². The molecule has 2 aromatic heterocycles. The first kappa shape index (κ1) is 12.4. The van der Waals surface area contributed by atoms with Gasteiger partial charge in [-0.1, -0.05) is 0 Å². The minimum absolute atomic E-state index is 0.119. The molecule has 0 saturated carbocycles. The lowest BCUT2D eigenvalue weighted by atomic mass is 10.2. The molecule has 0 aliphatic carbocycles. The lowest BCUT2D eigenvalue weighted by molar-refractivity contribution is 0.242. The molecule has 1 atom stereocenters. The smallest absolute Gasteiger partial charge is 0.169 e. The first-order valence-electron chi connectivity index (χ1n) is 6.03. The maximum atomic E-state index is 5.72. The molecule has 2 N–H and O–H groups in total. The Hall–Kier alpha value is -2.04. The lowest BCUT2D eigenvalue weighted by Gasteiger charge is -2.17. The van der Waals surface area contributed by atoms with E-state index in [1.807, 2.05) is 32.2 Å². The largest absolute Gasteiger partial charge is 0.487 e. The number of anilines is 1. The summed E-state index contributed by atoms with van der Waals surface area (Å²) in [6.45, 7) is 6.05. The minimum atomic E-state index is 0.119. The molecule has 0 radical (unpaired) electrons. The molecule has 18 heavy (non-hydrogen) atoms. The first-order chi connectivity index (χ1) is 8.66. The van der Waals surface area contributed by atoms with Gasteiger partial charge in [0.15, 0.2) is 11.6 Å². The quantitative estimate of drug-likeness (QED) is 0.851. The van der Waals surface area contributed by atoms with Crippen LogP contribution >= 0.6 is 0 Å². The third-order valence-electron chi connectivity index (χ3n) is 2.51. The van der Waals surface area contributed by atoms with Gasteiger partial charge in [0.1, 0.15) is 0 Å². The number of aromatic nitrogens is 3. The van der Waals surface area contributed by atoms with Crippen molar-refractivity contribution in [3.05, 3.63) is 36.3 Å². The number of hydrogen-bond donors (Lipinski definition) is 2. The van der Waals surface area contributed by atoms with Crippen molar-refractivity contribution >= 4 is 5.82 Å². The molecule has 0 spiro atoms. The van der Waals surface area contributed by atoms with Crippen LogP contribution < -0.4 is 10.1 Å². The summed E-state index contributed by atoms with van der Waals surface area (Å²) >= 11 is 0. The Morgan fingerprint density at radius 1 is 1.33 bits per heavy atom. The topological polar surface area (TPSA) is 62.8 Å². The first-order valence-corrected chi connectivity index (χ1v) is 6.03. The molecule has 0 aromatic carbocycles. The number of H-pyrrole nitrogens is 1. The summed E-state index contributed by atoms with van der Waals surface area (Å²) in [6.07, 6.45) is 5.53. The third-order valence-corrected chi connectivity index (χ3v) is 2.51. The highest BCUT2D eigenvalue weighted by atomic mass is 16.5. The van der Waals surface area contributed by atoms with Crippen LogP contribution in [0.3, 0.4) is 0 Å². The van der Waals surface area contributed by atoms with Crippen molar-refractivity contribution in [2.75, 3.05) is 5.32 Å². The standard InChI is InChI=1S/C13H18N4O/c1-9(2)18-12-5-4-6-14-13(12)17-10(3)11-7-15-16-8-11/h4-10H,1-3H3,(H,14,17)(H,15,16). The molecule has 96 valence electrons. The SMILES string of the molecule is CC(C)Oc1cccnc1NC(C)c1cn[nH]c1. The summed E-state index contributed by atoms with van der Waals surface area (Å²) in [5, 5.41) is 10.1. The van der Waals surface area contributed by atoms with E-state index in [4.69, 9.17) is 4.74 Å². The molecule has 0 bridgehead atoms. The maximum absolute atomic E-state index is 5.72. The average Bonchev–Trinajstić information content (AvgIpc) is 2.84. The second-order valence-electron chi connectivity index (χ2n) is 4.41. The van der Waals surface area contributed by atoms with Gasteiger partial charge in [0.2, 0.25) is 0 Å². The number of ether oxygens (including phenoxy) is 1. The third kappa shape index (κ3) is 3.00. The van der Waals surface area contributed by atoms with Gasteiger partial charge in [-0.25, -0.2) is 4.98 Å². The number of nitrogens with zero attached hydrogens (tertiary/aromatic N) is 2. The number of hydrogen-bond acceptors (Lipinski definition) is 4. The number of pyridine rings is 1. The summed E-state index contributed by atoms with van der Waals surface area (Å²) in [6, 6.07) is 3.90. The maximum Gasteiger partial charge on any atom is 0.169 e. The van der Waals surface area contributed by atoms with Crippen LogP contribution in [0.25, 0.3) is 0 Å². The lowest BCUT2D eigenvalue weighted by Crippen LogP contribution is -2.12. The second-order valence-corrected chi connectivity index (χ2v) is 4.41. The van der Waals surface area contributed by atoms with Crippen molar-refractivity contribution in [2.45, 2.75) is 32.9 Å². The van der Waals surface area contributed by atoms with Gasteiger partial charge in [0.25, 0.3) is 0 Å². The van der Waals surface area contributed by atoms with Crippen LogP contribution in [-0.4, -0.2) is 21.3 Å². The van der Waals surface area contributed by atoms with E-state index in [-0.39, 0.29) is 12.1 Å². The number of aromatic amines is 1. The van der Waals surface area contributed by atoms with Gasteiger partial charge in [-0.15, -0.1) is 0 Å². The zero-order valence-electron chi connectivity index (χ0n) is 10.8. The van der Waals surface area contributed by atoms with Crippen molar-refractivity contribution in [3.63, 3.8) is 0 Å². The zero-order chi connectivity index (χ0) is 13.0. The molecular formula is C13H18N4O. The molecule has 0 fully saturated rings. The molecule has 0 amide bonds. The molecule has 5 nitrogen and oxygen atoms in total. The van der Waals surface area contributed by atoms with Crippen molar-refractivity contribution in [1.82, 2.24) is 15.2 Å². The van der Waals surface area contributed by atoms with Crippen LogP contribution in [0.1, 0.15) is 32.4 Å². The van der Waals surface area contributed by atoms with Gasteiger partial charge in [-0.05, 0) is 32.9 Å². The summed E-state index contributed by atoms with van der Waals surface area (Å²) in [4.78, 5) is 4.31. The van der Waals surface area contributed by atoms with E-state index >= 15 is 0 Å². The van der Waals surface area contributed by atoms with Gasteiger partial charge < -0.3 is 10.1 Å². The average molecular weight is 246 g/mol. The van der Waals surface area contributed by atoms with Gasteiger partial charge in [-0.3, -0.25) is 5.10 Å². The second kappa shape index (κ2) is 5.53. The van der Waals surface area contributed by atoms with Crippen LogP contribution in [0.5, 0.6) is 5.75 Å². The van der Waals surface area contributed by atoms with Gasteiger partial charge >= 0.3 is 0 Å². The van der Waals surface area contributed by atoms with E-state index in [2.05, 4.69) is 27.4 Å². The van der Waals surface area contributed by atoms with Gasteiger partial charge in [-0.2, -0.15) is 5.10 Å². The Labute approximate surface area is 107 Å². The predicted molar refractivity (Wildman–Crippen MR) is 70.6 cm³/mol. The summed E-state index contributed by atoms with van der Waals surface area (Å²) in [5.74, 6) is 1.52. The molecule has 1 unspecified atom stereocenters. The van der Waals surface area contributed by atoms with Crippen LogP contribution in [0.4, 0.5) is 5.82 Å². The van der Waals surface area contributed by atoms with E-state index in [0.29, 0.717) is 0 Å². The van der Waals surface area contributed by atoms with Gasteiger partial charge in [0, 0.05) is 18.0 Å². The van der Waals surface area contributed by atoms with E-state index in [1.54, 1.807) is 12.4 Å². The molecule has 2 heterocycles. The highest BCUT2D eigenvalue weighted by molar-refractivity contribution is 5.50. The van der Waals surface area contributed by atoms with Crippen LogP contribution in [-0.2, 0) is 0 Å². The van der Waals surface area contributed by atoms with Gasteiger partial charge in [0.05, 0.1) is 18.3 Å². The molecule has 2 rings (SSSR count). The fraction of sp³-hybridized carbons (Fsp3) is 0.385. The van der Waals surface area contributed by atoms with Crippen molar-refractivity contribution in [1.29, 1.82) is 0 Å². The molecular weight excluding hydrogens is 228 g/mol. The molecule has 5 heteroatoms. The normalized spacial score (nSPS) is 12.4. The Bertz CT molecular complexity index is 481. The Balaban J connectivity index is 2.13. The summed E-state index contributed by atoms with van der Waals surface area (Å²) in [5.41, 5.74) is 1.08. The van der Waals surface area contributed by atoms with E-state index in [9.17, 15) is 0 Å². The van der Waals surface area contributed by atoms with E-state index < -0.39 is 0 Å². The van der Waals surface area contributed by atoms with Crippen molar-refractivity contribution in [3.8, 4) is 5.75 Å². The molecule has 0 aliphatic rings. The molecule has 0 aliphatic heterocycles. The Morgan fingerprint density at radius 3 is 2.83 bits per heavy atom. The molecule has 2 aromatic rings. The monoisotopic (exact) mass is 246 g/mol. The fourth-order valence-electron chi connectivity index (χ4n) is 1.63. The minimum Gasteiger partial charge on any atom is -0.487 e. The number of rotatable bonds is 5. The Kier molecular flexibility index (Phi) is 3.82.